The van der Waals surface area contributed by atoms with E-state index in [-0.39, 0.29) is 6.04 Å². The molecule has 3 nitrogen and oxygen atoms in total. The third-order valence-electron chi connectivity index (χ3n) is 3.19. The second-order valence-electron chi connectivity index (χ2n) is 4.57. The summed E-state index contributed by atoms with van der Waals surface area (Å²) in [5, 5.41) is 6.62. The average molecular weight is 326 g/mol. The number of likely N-dealkylation sites (N-methyl/N-ethyl adjacent to an activating group) is 1. The molecule has 20 heavy (non-hydrogen) atoms. The van der Waals surface area contributed by atoms with Gasteiger partial charge < -0.3 is 5.32 Å². The highest BCUT2D eigenvalue weighted by molar-refractivity contribution is 7.15. The topological polar surface area (TPSA) is 29.3 Å². The van der Waals surface area contributed by atoms with E-state index >= 15 is 0 Å². The Labute approximate surface area is 131 Å². The summed E-state index contributed by atoms with van der Waals surface area (Å²) >= 11 is 13.8. The highest BCUT2D eigenvalue weighted by Gasteiger charge is 2.14. The van der Waals surface area contributed by atoms with Gasteiger partial charge in [0.05, 0.1) is 5.69 Å². The van der Waals surface area contributed by atoms with Crippen LogP contribution in [0, 0.1) is 0 Å². The van der Waals surface area contributed by atoms with Crippen LogP contribution in [0.1, 0.15) is 17.3 Å². The van der Waals surface area contributed by atoms with E-state index in [4.69, 9.17) is 23.2 Å². The Morgan fingerprint density at radius 1 is 1.30 bits per heavy atom. The van der Waals surface area contributed by atoms with E-state index in [0.29, 0.717) is 10.0 Å². The fourth-order valence-corrected chi connectivity index (χ4v) is 3.51. The third-order valence-corrected chi connectivity index (χ3v) is 4.40. The number of nitrogens with one attached hydrogen (secondary N) is 1. The number of rotatable bonds is 4. The van der Waals surface area contributed by atoms with Gasteiger partial charge in [0, 0.05) is 40.3 Å². The van der Waals surface area contributed by atoms with Gasteiger partial charge in [-0.3, -0.25) is 4.40 Å². The largest absolute Gasteiger partial charge is 0.313 e. The number of halogens is 2. The van der Waals surface area contributed by atoms with Crippen molar-refractivity contribution >= 4 is 39.5 Å². The molecule has 3 rings (SSSR count). The highest BCUT2D eigenvalue weighted by atomic mass is 35.5. The molecule has 104 valence electrons. The van der Waals surface area contributed by atoms with Crippen molar-refractivity contribution in [1.29, 1.82) is 0 Å². The molecule has 1 N–H and O–H groups in total. The van der Waals surface area contributed by atoms with Gasteiger partial charge in [-0.1, -0.05) is 23.2 Å². The maximum Gasteiger partial charge on any atom is 0.193 e. The minimum absolute atomic E-state index is 0.135. The van der Waals surface area contributed by atoms with Crippen molar-refractivity contribution < 1.29 is 0 Å². The summed E-state index contributed by atoms with van der Waals surface area (Å²) < 4.78 is 2.04. The zero-order valence-electron chi connectivity index (χ0n) is 10.8. The number of imidazole rings is 1. The SMILES string of the molecule is CNC(Cc1cn2ccsc2n1)c1cc(Cl)cc(Cl)c1. The van der Waals surface area contributed by atoms with Gasteiger partial charge in [0.2, 0.25) is 0 Å². The van der Waals surface area contributed by atoms with Crippen LogP contribution >= 0.6 is 34.5 Å². The third kappa shape index (κ3) is 2.83. The zero-order chi connectivity index (χ0) is 14.1. The number of hydrogen-bond acceptors (Lipinski definition) is 3. The van der Waals surface area contributed by atoms with Crippen LogP contribution in [0.15, 0.2) is 36.0 Å². The van der Waals surface area contributed by atoms with Crippen molar-refractivity contribution in [1.82, 2.24) is 14.7 Å². The Bertz CT molecular complexity index is 686. The Kier molecular flexibility index (Phi) is 3.98. The van der Waals surface area contributed by atoms with Gasteiger partial charge in [-0.15, -0.1) is 11.3 Å². The van der Waals surface area contributed by atoms with Crippen LogP contribution in [0.3, 0.4) is 0 Å². The first-order valence-electron chi connectivity index (χ1n) is 6.20. The zero-order valence-corrected chi connectivity index (χ0v) is 13.1. The Balaban J connectivity index is 1.87. The lowest BCUT2D eigenvalue weighted by Gasteiger charge is -2.16. The average Bonchev–Trinajstić information content (AvgIpc) is 2.95. The lowest BCUT2D eigenvalue weighted by molar-refractivity contribution is 0.586. The van der Waals surface area contributed by atoms with Crippen molar-refractivity contribution in [2.45, 2.75) is 12.5 Å². The van der Waals surface area contributed by atoms with Crippen molar-refractivity contribution in [3.63, 3.8) is 0 Å². The van der Waals surface area contributed by atoms with E-state index in [9.17, 15) is 0 Å². The summed E-state index contributed by atoms with van der Waals surface area (Å²) in [6, 6.07) is 5.75. The van der Waals surface area contributed by atoms with Gasteiger partial charge in [0.25, 0.3) is 0 Å². The van der Waals surface area contributed by atoms with Crippen LogP contribution in [0.4, 0.5) is 0 Å². The molecular weight excluding hydrogens is 313 g/mol. The summed E-state index contributed by atoms with van der Waals surface area (Å²) in [6.45, 7) is 0. The van der Waals surface area contributed by atoms with Crippen LogP contribution in [-0.4, -0.2) is 16.4 Å². The summed E-state index contributed by atoms with van der Waals surface area (Å²) in [5.41, 5.74) is 2.12. The molecule has 1 atom stereocenters. The second-order valence-corrected chi connectivity index (χ2v) is 6.32. The quantitative estimate of drug-likeness (QED) is 0.778. The number of benzene rings is 1. The van der Waals surface area contributed by atoms with Crippen LogP contribution in [0.2, 0.25) is 10.0 Å². The van der Waals surface area contributed by atoms with Gasteiger partial charge in [-0.2, -0.15) is 0 Å². The number of hydrogen-bond donors (Lipinski definition) is 1. The normalized spacial score (nSPS) is 12.9. The molecule has 0 saturated carbocycles. The molecule has 0 amide bonds. The molecule has 1 unspecified atom stereocenters. The molecule has 0 fully saturated rings. The minimum atomic E-state index is 0.135. The minimum Gasteiger partial charge on any atom is -0.313 e. The van der Waals surface area contributed by atoms with E-state index in [1.807, 2.05) is 35.2 Å². The molecule has 0 aliphatic rings. The van der Waals surface area contributed by atoms with Crippen LogP contribution in [0.25, 0.3) is 4.96 Å². The van der Waals surface area contributed by atoms with Gasteiger partial charge in [0.15, 0.2) is 4.96 Å². The molecule has 1 aromatic carbocycles. The predicted octanol–water partition coefficient (Wildman–Crippen LogP) is 4.21. The lowest BCUT2D eigenvalue weighted by Crippen LogP contribution is -2.19. The molecule has 0 aliphatic carbocycles. The van der Waals surface area contributed by atoms with Gasteiger partial charge in [-0.05, 0) is 30.8 Å². The second kappa shape index (κ2) is 5.74. The Morgan fingerprint density at radius 3 is 2.70 bits per heavy atom. The maximum absolute atomic E-state index is 6.07. The van der Waals surface area contributed by atoms with Crippen molar-refractivity contribution in [2.75, 3.05) is 7.05 Å². The van der Waals surface area contributed by atoms with Gasteiger partial charge in [-0.25, -0.2) is 4.98 Å². The number of fused-ring (bicyclic) bond motifs is 1. The van der Waals surface area contributed by atoms with E-state index in [1.54, 1.807) is 17.4 Å². The molecule has 0 aliphatic heterocycles. The molecule has 6 heteroatoms. The number of nitrogens with zero attached hydrogens (tertiary/aromatic N) is 2. The summed E-state index contributed by atoms with van der Waals surface area (Å²) in [4.78, 5) is 5.62. The van der Waals surface area contributed by atoms with Crippen molar-refractivity contribution in [2.24, 2.45) is 0 Å². The molecule has 0 radical (unpaired) electrons. The molecule has 0 saturated heterocycles. The summed E-state index contributed by atoms with van der Waals surface area (Å²) in [7, 11) is 1.93. The van der Waals surface area contributed by atoms with Crippen molar-refractivity contribution in [3.05, 3.63) is 57.3 Å². The van der Waals surface area contributed by atoms with E-state index in [0.717, 1.165) is 22.6 Å². The molecular formula is C14H13Cl2N3S. The van der Waals surface area contributed by atoms with E-state index in [1.165, 1.54) is 0 Å². The monoisotopic (exact) mass is 325 g/mol. The highest BCUT2D eigenvalue weighted by Crippen LogP contribution is 2.26. The maximum atomic E-state index is 6.07. The van der Waals surface area contributed by atoms with Gasteiger partial charge in [0.1, 0.15) is 0 Å². The van der Waals surface area contributed by atoms with E-state index < -0.39 is 0 Å². The molecule has 2 aromatic heterocycles. The fraction of sp³-hybridized carbons (Fsp3) is 0.214. The van der Waals surface area contributed by atoms with Crippen LogP contribution in [-0.2, 0) is 6.42 Å². The molecule has 3 aromatic rings. The first-order chi connectivity index (χ1) is 9.65. The Morgan fingerprint density at radius 2 is 2.05 bits per heavy atom. The standard InChI is InChI=1S/C14H13Cl2N3S/c1-17-13(9-4-10(15)6-11(16)5-9)7-12-8-19-2-3-20-14(19)18-12/h2-6,8,13,17H,7H2,1H3. The smallest absolute Gasteiger partial charge is 0.193 e. The molecule has 0 bridgehead atoms. The molecule has 0 spiro atoms. The van der Waals surface area contributed by atoms with Crippen molar-refractivity contribution in [3.8, 4) is 0 Å². The van der Waals surface area contributed by atoms with Crippen LogP contribution in [0.5, 0.6) is 0 Å². The van der Waals surface area contributed by atoms with Crippen LogP contribution < -0.4 is 5.32 Å². The lowest BCUT2D eigenvalue weighted by atomic mass is 10.0. The molecule has 2 heterocycles. The van der Waals surface area contributed by atoms with E-state index in [2.05, 4.69) is 16.5 Å². The number of thiazole rings is 1. The Hall–Kier alpha value is -1.07. The predicted molar refractivity (Wildman–Crippen MR) is 85.0 cm³/mol. The van der Waals surface area contributed by atoms with Gasteiger partial charge >= 0.3 is 0 Å². The first kappa shape index (κ1) is 13.9. The summed E-state index contributed by atoms with van der Waals surface area (Å²) in [5.74, 6) is 0. The number of aromatic nitrogens is 2. The summed E-state index contributed by atoms with van der Waals surface area (Å²) in [6.07, 6.45) is 4.87. The first-order valence-corrected chi connectivity index (χ1v) is 7.83. The fourth-order valence-electron chi connectivity index (χ4n) is 2.25.